The number of rotatable bonds is 4. The molecule has 3 aromatic carbocycles. The average molecular weight is 387 g/mol. The maximum Gasteiger partial charge on any atom is 0.335 e. The molecule has 0 unspecified atom stereocenters. The van der Waals surface area contributed by atoms with E-state index in [4.69, 9.17) is 5.11 Å². The Labute approximate surface area is 166 Å². The molecule has 0 fully saturated rings. The molecule has 7 heteroatoms. The van der Waals surface area contributed by atoms with Gasteiger partial charge in [-0.3, -0.25) is 0 Å². The van der Waals surface area contributed by atoms with E-state index < -0.39 is 5.97 Å². The van der Waals surface area contributed by atoms with Gasteiger partial charge < -0.3 is 15.3 Å². The van der Waals surface area contributed by atoms with Crippen LogP contribution in [0.3, 0.4) is 0 Å². The molecule has 29 heavy (non-hydrogen) atoms. The first-order valence-electron chi connectivity index (χ1n) is 8.83. The van der Waals surface area contributed by atoms with Gasteiger partial charge in [-0.1, -0.05) is 18.2 Å². The number of benzene rings is 3. The molecule has 0 saturated heterocycles. The number of phenolic OH excluding ortho intramolecular Hbond substituents is 2. The maximum atomic E-state index is 11.1. The van der Waals surface area contributed by atoms with Crippen molar-refractivity contribution in [3.05, 3.63) is 77.9 Å². The predicted octanol–water partition coefficient (Wildman–Crippen LogP) is 4.02. The van der Waals surface area contributed by atoms with Crippen LogP contribution in [0.5, 0.6) is 11.5 Å². The van der Waals surface area contributed by atoms with Crippen LogP contribution in [-0.2, 0) is 0 Å². The molecule has 3 N–H and O–H groups in total. The van der Waals surface area contributed by atoms with Crippen molar-refractivity contribution in [3.63, 3.8) is 0 Å². The fraction of sp³-hybridized carbons (Fsp3) is 0.0455. The van der Waals surface area contributed by atoms with Gasteiger partial charge in [0.05, 0.1) is 22.4 Å². The van der Waals surface area contributed by atoms with Gasteiger partial charge in [0.1, 0.15) is 11.5 Å². The molecule has 1 heterocycles. The number of hydrogen-bond donors (Lipinski definition) is 3. The highest BCUT2D eigenvalue weighted by Gasteiger charge is 2.19. The summed E-state index contributed by atoms with van der Waals surface area (Å²) in [4.78, 5) is 15.7. The lowest BCUT2D eigenvalue weighted by molar-refractivity contribution is 0.0697. The van der Waals surface area contributed by atoms with Gasteiger partial charge in [0.15, 0.2) is 11.6 Å². The molecule has 1 aromatic heterocycles. The highest BCUT2D eigenvalue weighted by Crippen LogP contribution is 2.33. The van der Waals surface area contributed by atoms with Crippen LogP contribution in [0.1, 0.15) is 15.9 Å². The third kappa shape index (κ3) is 3.41. The van der Waals surface area contributed by atoms with Gasteiger partial charge in [-0.15, -0.1) is 5.10 Å². The van der Waals surface area contributed by atoms with Crippen molar-refractivity contribution in [3.8, 4) is 40.0 Å². The number of aryl methyl sites for hydroxylation is 1. The quantitative estimate of drug-likeness (QED) is 0.488. The first-order chi connectivity index (χ1) is 13.9. The minimum Gasteiger partial charge on any atom is -0.507 e. The lowest BCUT2D eigenvalue weighted by atomic mass is 10.1. The van der Waals surface area contributed by atoms with E-state index in [2.05, 4.69) is 10.1 Å². The summed E-state index contributed by atoms with van der Waals surface area (Å²) < 4.78 is 1.51. The Morgan fingerprint density at radius 2 is 1.62 bits per heavy atom. The van der Waals surface area contributed by atoms with Gasteiger partial charge in [0.2, 0.25) is 0 Å². The number of carbonyl (C=O) groups is 1. The van der Waals surface area contributed by atoms with Gasteiger partial charge in [-0.05, 0) is 61.0 Å². The molecule has 0 aliphatic rings. The van der Waals surface area contributed by atoms with E-state index in [1.807, 2.05) is 13.0 Å². The van der Waals surface area contributed by atoms with E-state index in [9.17, 15) is 15.0 Å². The molecule has 144 valence electrons. The monoisotopic (exact) mass is 387 g/mol. The Bertz CT molecular complexity index is 1210. The number of nitrogens with zero attached hydrogens (tertiary/aromatic N) is 3. The zero-order valence-electron chi connectivity index (χ0n) is 15.4. The average Bonchev–Trinajstić information content (AvgIpc) is 3.13. The molecule has 7 nitrogen and oxygen atoms in total. The zero-order valence-corrected chi connectivity index (χ0v) is 15.4. The van der Waals surface area contributed by atoms with E-state index in [0.29, 0.717) is 22.6 Å². The smallest absolute Gasteiger partial charge is 0.335 e. The Morgan fingerprint density at radius 3 is 2.28 bits per heavy atom. The van der Waals surface area contributed by atoms with Gasteiger partial charge in [0.25, 0.3) is 0 Å². The second kappa shape index (κ2) is 7.12. The molecule has 0 saturated carbocycles. The highest BCUT2D eigenvalue weighted by molar-refractivity contribution is 5.87. The van der Waals surface area contributed by atoms with Gasteiger partial charge >= 0.3 is 5.97 Å². The van der Waals surface area contributed by atoms with Crippen molar-refractivity contribution in [1.29, 1.82) is 0 Å². The highest BCUT2D eigenvalue weighted by atomic mass is 16.4. The van der Waals surface area contributed by atoms with E-state index in [1.165, 1.54) is 16.8 Å². The molecule has 0 amide bonds. The van der Waals surface area contributed by atoms with E-state index >= 15 is 0 Å². The first-order valence-corrected chi connectivity index (χ1v) is 8.83. The van der Waals surface area contributed by atoms with E-state index in [0.717, 1.165) is 5.56 Å². The molecule has 0 aliphatic heterocycles. The number of aromatic carboxylic acids is 1. The topological polar surface area (TPSA) is 108 Å². The minimum atomic E-state index is -1.03. The van der Waals surface area contributed by atoms with Crippen LogP contribution in [0.2, 0.25) is 0 Å². The number of carboxylic acids is 1. The molecule has 0 radical (unpaired) electrons. The Balaban J connectivity index is 1.92. The van der Waals surface area contributed by atoms with Crippen LogP contribution in [0.25, 0.3) is 28.5 Å². The van der Waals surface area contributed by atoms with Crippen molar-refractivity contribution in [2.75, 3.05) is 0 Å². The fourth-order valence-corrected chi connectivity index (χ4v) is 3.02. The number of hydrogen-bond acceptors (Lipinski definition) is 5. The normalized spacial score (nSPS) is 10.8. The Morgan fingerprint density at radius 1 is 0.897 bits per heavy atom. The SMILES string of the molecule is Cc1ccc(-c2nc(-c3ccccc3O)n(-c3ccc(C(=O)O)cc3)n2)c(O)c1. The molecule has 4 rings (SSSR count). The van der Waals surface area contributed by atoms with E-state index in [-0.39, 0.29) is 22.9 Å². The van der Waals surface area contributed by atoms with Crippen molar-refractivity contribution in [2.45, 2.75) is 6.92 Å². The van der Waals surface area contributed by atoms with Crippen LogP contribution in [0.15, 0.2) is 66.7 Å². The molecule has 0 spiro atoms. The Kier molecular flexibility index (Phi) is 4.48. The van der Waals surface area contributed by atoms with Crippen LogP contribution >= 0.6 is 0 Å². The lowest BCUT2D eigenvalue weighted by Crippen LogP contribution is -2.02. The van der Waals surface area contributed by atoms with Crippen molar-refractivity contribution in [1.82, 2.24) is 14.8 Å². The number of phenols is 2. The molecule has 0 bridgehead atoms. The largest absolute Gasteiger partial charge is 0.507 e. The summed E-state index contributed by atoms with van der Waals surface area (Å²) in [5, 5.41) is 34.3. The second-order valence-corrected chi connectivity index (χ2v) is 6.56. The first kappa shape index (κ1) is 18.2. The van der Waals surface area contributed by atoms with Crippen LogP contribution in [0.4, 0.5) is 0 Å². The third-order valence-electron chi connectivity index (χ3n) is 4.51. The molecule has 0 aliphatic carbocycles. The molecular formula is C22H17N3O4. The summed E-state index contributed by atoms with van der Waals surface area (Å²) in [5.41, 5.74) is 2.53. The molecule has 0 atom stereocenters. The summed E-state index contributed by atoms with van der Waals surface area (Å²) >= 11 is 0. The third-order valence-corrected chi connectivity index (χ3v) is 4.51. The lowest BCUT2D eigenvalue weighted by Gasteiger charge is -2.07. The Hall–Kier alpha value is -4.13. The number of aromatic hydroxyl groups is 2. The zero-order chi connectivity index (χ0) is 20.5. The fourth-order valence-electron chi connectivity index (χ4n) is 3.02. The van der Waals surface area contributed by atoms with Gasteiger partial charge in [0, 0.05) is 0 Å². The van der Waals surface area contributed by atoms with Crippen LogP contribution in [-0.4, -0.2) is 36.1 Å². The summed E-state index contributed by atoms with van der Waals surface area (Å²) in [5.74, 6) is -0.305. The summed E-state index contributed by atoms with van der Waals surface area (Å²) in [6.45, 7) is 1.87. The van der Waals surface area contributed by atoms with Gasteiger partial charge in [-0.2, -0.15) is 0 Å². The summed E-state index contributed by atoms with van der Waals surface area (Å²) in [7, 11) is 0. The number of para-hydroxylation sites is 1. The number of aromatic nitrogens is 3. The van der Waals surface area contributed by atoms with Crippen LogP contribution < -0.4 is 0 Å². The summed E-state index contributed by atoms with van der Waals surface area (Å²) in [6, 6.07) is 18.1. The van der Waals surface area contributed by atoms with Crippen molar-refractivity contribution in [2.24, 2.45) is 0 Å². The van der Waals surface area contributed by atoms with Crippen LogP contribution in [0, 0.1) is 6.92 Å². The molecule has 4 aromatic rings. The molecular weight excluding hydrogens is 370 g/mol. The standard InChI is InChI=1S/C22H17N3O4/c1-13-6-11-16(19(27)12-13)20-23-21(17-4-2-3-5-18(17)26)25(24-20)15-9-7-14(8-10-15)22(28)29/h2-12,26-27H,1H3,(H,28,29). The van der Waals surface area contributed by atoms with Crippen molar-refractivity contribution < 1.29 is 20.1 Å². The maximum absolute atomic E-state index is 11.1. The van der Waals surface area contributed by atoms with Gasteiger partial charge in [-0.25, -0.2) is 14.5 Å². The second-order valence-electron chi connectivity index (χ2n) is 6.56. The van der Waals surface area contributed by atoms with E-state index in [1.54, 1.807) is 48.5 Å². The minimum absolute atomic E-state index is 0.0305. The summed E-state index contributed by atoms with van der Waals surface area (Å²) in [6.07, 6.45) is 0. The number of carboxylic acid groups (broad SMARTS) is 1. The predicted molar refractivity (Wildman–Crippen MR) is 107 cm³/mol. The van der Waals surface area contributed by atoms with Crippen molar-refractivity contribution >= 4 is 5.97 Å².